The summed E-state index contributed by atoms with van der Waals surface area (Å²) < 4.78 is 5.61. The van der Waals surface area contributed by atoms with Crippen LogP contribution in [0.5, 0.6) is 17.2 Å². The van der Waals surface area contributed by atoms with Crippen molar-refractivity contribution in [3.05, 3.63) is 36.6 Å². The van der Waals surface area contributed by atoms with E-state index in [1.165, 1.54) is 6.07 Å². The van der Waals surface area contributed by atoms with Crippen molar-refractivity contribution < 1.29 is 14.9 Å². The average Bonchev–Trinajstić information content (AvgIpc) is 2.62. The molecule has 136 valence electrons. The number of phenols is 2. The highest BCUT2D eigenvalue weighted by Crippen LogP contribution is 2.49. The van der Waals surface area contributed by atoms with E-state index in [-0.39, 0.29) is 18.1 Å². The number of nitrogens with two attached hydrogens (primary N) is 1. The molecule has 0 aliphatic rings. The smallest absolute Gasteiger partial charge is 0.349 e. The molecule has 0 atom stereocenters. The predicted octanol–water partition coefficient (Wildman–Crippen LogP) is 0.571. The number of ether oxygens (including phenoxy) is 1. The maximum atomic E-state index is 12.0. The molecule has 0 fully saturated rings. The lowest BCUT2D eigenvalue weighted by Crippen LogP contribution is -2.33. The summed E-state index contributed by atoms with van der Waals surface area (Å²) in [5.41, 5.74) is -3.55. The van der Waals surface area contributed by atoms with Gasteiger partial charge < -0.3 is 20.8 Å². The van der Waals surface area contributed by atoms with Gasteiger partial charge in [0.05, 0.1) is 0 Å². The number of nitrogens with zero attached hydrogens (tertiary/aromatic N) is 4. The van der Waals surface area contributed by atoms with Crippen molar-refractivity contribution in [3.63, 3.8) is 0 Å². The average molecular weight is 401 g/mol. The van der Waals surface area contributed by atoms with Gasteiger partial charge >= 0.3 is 5.69 Å². The molecule has 1 aromatic heterocycles. The highest BCUT2D eigenvalue weighted by atomic mass is 35.5. The van der Waals surface area contributed by atoms with Gasteiger partial charge in [-0.05, 0) is 0 Å². The Bertz CT molecular complexity index is 1040. The molecule has 0 aliphatic carbocycles. The largest absolute Gasteiger partial charge is 0.504 e. The highest BCUT2D eigenvalue weighted by Gasteiger charge is 2.27. The van der Waals surface area contributed by atoms with Gasteiger partial charge in [0.25, 0.3) is 5.56 Å². The van der Waals surface area contributed by atoms with Crippen molar-refractivity contribution in [3.8, 4) is 29.0 Å². The maximum Gasteiger partial charge on any atom is 0.349 e. The van der Waals surface area contributed by atoms with Crippen LogP contribution in [0.3, 0.4) is 0 Å². The van der Waals surface area contributed by atoms with E-state index in [2.05, 4.69) is 10.2 Å². The van der Waals surface area contributed by atoms with E-state index in [9.17, 15) is 19.8 Å². The minimum atomic E-state index is -1.15. The molecule has 0 saturated heterocycles. The number of nitriles is 1. The SMILES string of the molecule is CC/C(=N\N)Oc1c(Cl)c(O)c(-n2nc(C#N)c(=O)[nH]c2=O)c(O)c1Cl. The van der Waals surface area contributed by atoms with Crippen LogP contribution in [0.15, 0.2) is 14.7 Å². The van der Waals surface area contributed by atoms with E-state index in [1.54, 1.807) is 11.9 Å². The van der Waals surface area contributed by atoms with Gasteiger partial charge in [-0.25, -0.2) is 4.79 Å². The summed E-state index contributed by atoms with van der Waals surface area (Å²) in [6.07, 6.45) is 0.249. The monoisotopic (exact) mass is 400 g/mol. The number of aromatic amines is 1. The van der Waals surface area contributed by atoms with Gasteiger partial charge in [-0.1, -0.05) is 30.1 Å². The van der Waals surface area contributed by atoms with E-state index in [0.29, 0.717) is 4.68 Å². The summed E-state index contributed by atoms with van der Waals surface area (Å²) in [6, 6.07) is 1.46. The van der Waals surface area contributed by atoms with E-state index in [4.69, 9.17) is 39.0 Å². The fraction of sp³-hybridized carbons (Fsp3) is 0.154. The molecule has 11 nitrogen and oxygen atoms in total. The van der Waals surface area contributed by atoms with Crippen LogP contribution in [-0.4, -0.2) is 30.9 Å². The van der Waals surface area contributed by atoms with Crippen molar-refractivity contribution in [2.45, 2.75) is 13.3 Å². The van der Waals surface area contributed by atoms with E-state index < -0.39 is 44.2 Å². The number of halogens is 2. The second-order valence-corrected chi connectivity index (χ2v) is 5.37. The van der Waals surface area contributed by atoms with E-state index in [0.717, 1.165) is 0 Å². The van der Waals surface area contributed by atoms with Gasteiger partial charge in [0.2, 0.25) is 11.6 Å². The zero-order valence-corrected chi connectivity index (χ0v) is 14.5. The molecule has 2 aromatic rings. The molecule has 26 heavy (non-hydrogen) atoms. The standard InChI is InChI=1S/C13H10Cl2N6O5/c1-2-5(19-17)26-11-6(14)9(22)8(10(23)7(11)15)21-13(25)18-12(24)4(3-16)20-21/h22-23H,2,17H2,1H3,(H,18,24,25)/b19-5+. The number of H-pyrrole nitrogens is 1. The van der Waals surface area contributed by atoms with Crippen molar-refractivity contribution in [1.29, 1.82) is 5.26 Å². The van der Waals surface area contributed by atoms with Crippen molar-refractivity contribution in [2.24, 2.45) is 10.9 Å². The second-order valence-electron chi connectivity index (χ2n) is 4.61. The molecule has 1 aromatic carbocycles. The Morgan fingerprint density at radius 3 is 2.42 bits per heavy atom. The fourth-order valence-electron chi connectivity index (χ4n) is 1.85. The Morgan fingerprint density at radius 1 is 1.38 bits per heavy atom. The Balaban J connectivity index is 2.81. The number of nitrogens with one attached hydrogen (secondary N) is 1. The molecule has 0 amide bonds. The number of aromatic nitrogens is 3. The number of phenolic OH excluding ortho intramolecular Hbond substituents is 2. The zero-order chi connectivity index (χ0) is 19.6. The maximum absolute atomic E-state index is 12.0. The lowest BCUT2D eigenvalue weighted by Gasteiger charge is -2.16. The molecule has 13 heteroatoms. The Hall–Kier alpha value is -3.23. The number of hydrazone groups is 1. The van der Waals surface area contributed by atoms with Gasteiger partial charge in [-0.3, -0.25) is 9.78 Å². The molecular formula is C13H10Cl2N6O5. The third-order valence-corrected chi connectivity index (χ3v) is 3.78. The number of aromatic hydroxyl groups is 2. The number of hydrogen-bond acceptors (Lipinski definition) is 9. The van der Waals surface area contributed by atoms with Crippen molar-refractivity contribution in [1.82, 2.24) is 14.8 Å². The van der Waals surface area contributed by atoms with Crippen LogP contribution >= 0.6 is 23.2 Å². The molecule has 1 heterocycles. The molecule has 0 spiro atoms. The molecule has 0 aliphatic heterocycles. The van der Waals surface area contributed by atoms with Crippen LogP contribution < -0.4 is 21.8 Å². The first kappa shape index (κ1) is 19.1. The lowest BCUT2D eigenvalue weighted by molar-refractivity contribution is 0.431. The van der Waals surface area contributed by atoms with Crippen LogP contribution in [0.4, 0.5) is 0 Å². The predicted molar refractivity (Wildman–Crippen MR) is 91.1 cm³/mol. The van der Waals surface area contributed by atoms with Crippen LogP contribution in [0.2, 0.25) is 10.0 Å². The first-order chi connectivity index (χ1) is 12.3. The third-order valence-electron chi connectivity index (χ3n) is 3.08. The first-order valence-corrected chi connectivity index (χ1v) is 7.53. The van der Waals surface area contributed by atoms with Crippen molar-refractivity contribution in [2.75, 3.05) is 0 Å². The Kier molecular flexibility index (Phi) is 5.39. The van der Waals surface area contributed by atoms with Gasteiger partial charge in [-0.15, -0.1) is 10.2 Å². The van der Waals surface area contributed by atoms with Gasteiger partial charge in [-0.2, -0.15) is 9.94 Å². The number of benzene rings is 1. The molecule has 2 rings (SSSR count). The van der Waals surface area contributed by atoms with Gasteiger partial charge in [0.15, 0.2) is 22.9 Å². The van der Waals surface area contributed by atoms with Crippen LogP contribution in [0.25, 0.3) is 5.69 Å². The summed E-state index contributed by atoms with van der Waals surface area (Å²) >= 11 is 12.0. The topological polar surface area (TPSA) is 180 Å². The summed E-state index contributed by atoms with van der Waals surface area (Å²) in [6.45, 7) is 1.66. The molecule has 0 saturated carbocycles. The number of hydrogen-bond donors (Lipinski definition) is 4. The van der Waals surface area contributed by atoms with Gasteiger partial charge in [0, 0.05) is 6.42 Å². The first-order valence-electron chi connectivity index (χ1n) is 6.78. The molecular weight excluding hydrogens is 391 g/mol. The van der Waals surface area contributed by atoms with Crippen LogP contribution in [0.1, 0.15) is 19.0 Å². The normalized spacial score (nSPS) is 11.2. The molecule has 0 unspecified atom stereocenters. The molecule has 0 radical (unpaired) electrons. The fourth-order valence-corrected chi connectivity index (χ4v) is 2.35. The quantitative estimate of drug-likeness (QED) is 0.249. The summed E-state index contributed by atoms with van der Waals surface area (Å²) in [5, 5.41) is 35.2. The van der Waals surface area contributed by atoms with E-state index in [1.807, 2.05) is 0 Å². The minimum Gasteiger partial charge on any atom is -0.504 e. The second kappa shape index (κ2) is 7.34. The van der Waals surface area contributed by atoms with Crippen molar-refractivity contribution >= 4 is 29.1 Å². The Labute approximate surface area is 154 Å². The summed E-state index contributed by atoms with van der Waals surface area (Å²) in [4.78, 5) is 25.2. The van der Waals surface area contributed by atoms with Crippen LogP contribution in [0, 0.1) is 11.3 Å². The lowest BCUT2D eigenvalue weighted by atomic mass is 10.2. The molecule has 0 bridgehead atoms. The Morgan fingerprint density at radius 2 is 1.96 bits per heavy atom. The third kappa shape index (κ3) is 3.15. The van der Waals surface area contributed by atoms with Crippen LogP contribution in [-0.2, 0) is 0 Å². The minimum absolute atomic E-state index is 0.00792. The van der Waals surface area contributed by atoms with Gasteiger partial charge in [0.1, 0.15) is 16.1 Å². The number of rotatable bonds is 3. The zero-order valence-electron chi connectivity index (χ0n) is 12.9. The molecule has 5 N–H and O–H groups in total. The summed E-state index contributed by atoms with van der Waals surface area (Å²) in [5.74, 6) is 3.06. The van der Waals surface area contributed by atoms with E-state index >= 15 is 0 Å². The highest BCUT2D eigenvalue weighted by molar-refractivity contribution is 6.39. The summed E-state index contributed by atoms with van der Waals surface area (Å²) in [7, 11) is 0.